The van der Waals surface area contributed by atoms with Crippen molar-refractivity contribution in [2.75, 3.05) is 19.0 Å². The molecule has 1 aromatic rings. The van der Waals surface area contributed by atoms with Gasteiger partial charge < -0.3 is 10.1 Å². The minimum absolute atomic E-state index is 0.607. The third-order valence-electron chi connectivity index (χ3n) is 3.26. The fraction of sp³-hybridized carbons (Fsp3) is 0.714. The first-order valence-electron chi connectivity index (χ1n) is 6.57. The molecule has 1 heterocycles. The Balaban J connectivity index is 2.70. The maximum Gasteiger partial charge on any atom is 0.218 e. The molecule has 0 fully saturated rings. The summed E-state index contributed by atoms with van der Waals surface area (Å²) >= 11 is 0. The summed E-state index contributed by atoms with van der Waals surface area (Å²) in [6, 6.07) is 1.84. The van der Waals surface area contributed by atoms with E-state index >= 15 is 0 Å². The Hall–Kier alpha value is -1.32. The highest BCUT2D eigenvalue weighted by Gasteiger charge is 2.17. The van der Waals surface area contributed by atoms with Gasteiger partial charge in [-0.3, -0.25) is 0 Å². The lowest BCUT2D eigenvalue weighted by atomic mass is 9.85. The average molecular weight is 251 g/mol. The van der Waals surface area contributed by atoms with Gasteiger partial charge in [0.15, 0.2) is 0 Å². The molecule has 0 bridgehead atoms. The maximum absolute atomic E-state index is 5.15. The van der Waals surface area contributed by atoms with Gasteiger partial charge >= 0.3 is 0 Å². The molecule has 4 heteroatoms. The molecular formula is C14H25N3O. The maximum atomic E-state index is 5.15. The molecule has 0 saturated heterocycles. The van der Waals surface area contributed by atoms with Crippen LogP contribution < -0.4 is 10.1 Å². The molecule has 0 aliphatic rings. The Bertz CT molecular complexity index is 369. The molecule has 0 saturated carbocycles. The van der Waals surface area contributed by atoms with Crippen molar-refractivity contribution in [3.63, 3.8) is 0 Å². The highest BCUT2D eigenvalue weighted by atomic mass is 16.5. The van der Waals surface area contributed by atoms with Gasteiger partial charge in [0.2, 0.25) is 5.88 Å². The first-order valence-corrected chi connectivity index (χ1v) is 6.57. The van der Waals surface area contributed by atoms with Crippen molar-refractivity contribution < 1.29 is 4.74 Å². The molecule has 0 aliphatic heterocycles. The molecule has 1 rings (SSSR count). The summed E-state index contributed by atoms with van der Waals surface area (Å²) in [5, 5.41) is 3.39. The Morgan fingerprint density at radius 1 is 1.17 bits per heavy atom. The third kappa shape index (κ3) is 4.17. The Labute approximate surface area is 110 Å². The summed E-state index contributed by atoms with van der Waals surface area (Å²) < 4.78 is 5.15. The second-order valence-corrected chi connectivity index (χ2v) is 5.38. The van der Waals surface area contributed by atoms with E-state index < -0.39 is 0 Å². The second-order valence-electron chi connectivity index (χ2n) is 5.38. The molecule has 0 unspecified atom stereocenters. The van der Waals surface area contributed by atoms with Crippen LogP contribution >= 0.6 is 0 Å². The van der Waals surface area contributed by atoms with Crippen LogP contribution in [-0.4, -0.2) is 23.6 Å². The van der Waals surface area contributed by atoms with E-state index in [-0.39, 0.29) is 0 Å². The Morgan fingerprint density at radius 3 is 2.28 bits per heavy atom. The fourth-order valence-electron chi connectivity index (χ4n) is 2.20. The van der Waals surface area contributed by atoms with Gasteiger partial charge in [-0.1, -0.05) is 27.7 Å². The van der Waals surface area contributed by atoms with Crippen molar-refractivity contribution in [2.24, 2.45) is 17.8 Å². The molecule has 0 amide bonds. The average Bonchev–Trinajstić information content (AvgIpc) is 2.27. The largest absolute Gasteiger partial charge is 0.481 e. The first-order chi connectivity index (χ1) is 8.43. The van der Waals surface area contributed by atoms with Crippen molar-refractivity contribution in [3.05, 3.63) is 11.9 Å². The number of aryl methyl sites for hydroxylation is 1. The minimum atomic E-state index is 0.607. The van der Waals surface area contributed by atoms with Crippen molar-refractivity contribution in [1.29, 1.82) is 0 Å². The number of hydrogen-bond donors (Lipinski definition) is 1. The molecule has 0 aromatic carbocycles. The molecule has 1 N–H and O–H groups in total. The van der Waals surface area contributed by atoms with Crippen molar-refractivity contribution in [1.82, 2.24) is 9.97 Å². The number of anilines is 1. The summed E-state index contributed by atoms with van der Waals surface area (Å²) in [6.45, 7) is 11.8. The van der Waals surface area contributed by atoms with Gasteiger partial charge in [0, 0.05) is 12.6 Å². The predicted molar refractivity (Wildman–Crippen MR) is 75.0 cm³/mol. The van der Waals surface area contributed by atoms with E-state index in [1.54, 1.807) is 7.11 Å². The summed E-state index contributed by atoms with van der Waals surface area (Å²) in [5.74, 6) is 4.11. The van der Waals surface area contributed by atoms with E-state index in [1.807, 2.05) is 13.0 Å². The SMILES string of the molecule is COc1cc(NCC(C(C)C)C(C)C)nc(C)n1. The second kappa shape index (κ2) is 6.57. The van der Waals surface area contributed by atoms with Gasteiger partial charge in [-0.2, -0.15) is 4.98 Å². The van der Waals surface area contributed by atoms with E-state index in [0.29, 0.717) is 23.6 Å². The minimum Gasteiger partial charge on any atom is -0.481 e. The van der Waals surface area contributed by atoms with E-state index in [1.165, 1.54) is 0 Å². The monoisotopic (exact) mass is 251 g/mol. The van der Waals surface area contributed by atoms with Crippen LogP contribution in [0.5, 0.6) is 5.88 Å². The number of rotatable bonds is 6. The number of nitrogens with one attached hydrogen (secondary N) is 1. The van der Waals surface area contributed by atoms with Crippen LogP contribution in [0.15, 0.2) is 6.07 Å². The van der Waals surface area contributed by atoms with Crippen LogP contribution in [0.4, 0.5) is 5.82 Å². The highest BCUT2D eigenvalue weighted by Crippen LogP contribution is 2.21. The molecule has 0 spiro atoms. The van der Waals surface area contributed by atoms with E-state index in [4.69, 9.17) is 4.74 Å². The standard InChI is InChI=1S/C14H25N3O/c1-9(2)12(10(3)4)8-15-13-7-14(18-6)17-11(5)16-13/h7,9-10,12H,8H2,1-6H3,(H,15,16,17). The van der Waals surface area contributed by atoms with Crippen molar-refractivity contribution in [3.8, 4) is 5.88 Å². The van der Waals surface area contributed by atoms with E-state index in [9.17, 15) is 0 Å². The van der Waals surface area contributed by atoms with Gasteiger partial charge in [-0.05, 0) is 24.7 Å². The van der Waals surface area contributed by atoms with Gasteiger partial charge in [-0.25, -0.2) is 4.98 Å². The molecule has 4 nitrogen and oxygen atoms in total. The van der Waals surface area contributed by atoms with Gasteiger partial charge in [-0.15, -0.1) is 0 Å². The van der Waals surface area contributed by atoms with Crippen molar-refractivity contribution >= 4 is 5.82 Å². The normalized spacial score (nSPS) is 11.4. The molecule has 0 aliphatic carbocycles. The summed E-state index contributed by atoms with van der Waals surface area (Å²) in [7, 11) is 1.62. The number of hydrogen-bond acceptors (Lipinski definition) is 4. The van der Waals surface area contributed by atoms with E-state index in [0.717, 1.165) is 18.2 Å². The lowest BCUT2D eigenvalue weighted by Crippen LogP contribution is -2.25. The molecule has 1 aromatic heterocycles. The number of aromatic nitrogens is 2. The molecule has 102 valence electrons. The van der Waals surface area contributed by atoms with Crippen LogP contribution in [0, 0.1) is 24.7 Å². The quantitative estimate of drug-likeness (QED) is 0.843. The molecule has 0 atom stereocenters. The number of methoxy groups -OCH3 is 1. The predicted octanol–water partition coefficient (Wildman–Crippen LogP) is 3.13. The fourth-order valence-corrected chi connectivity index (χ4v) is 2.20. The van der Waals surface area contributed by atoms with Crippen LogP contribution in [0.2, 0.25) is 0 Å². The molecule has 0 radical (unpaired) electrons. The molecular weight excluding hydrogens is 226 g/mol. The van der Waals surface area contributed by atoms with Crippen LogP contribution in [0.25, 0.3) is 0 Å². The summed E-state index contributed by atoms with van der Waals surface area (Å²) in [5.41, 5.74) is 0. The number of nitrogens with zero attached hydrogens (tertiary/aromatic N) is 2. The topological polar surface area (TPSA) is 47.0 Å². The number of ether oxygens (including phenoxy) is 1. The van der Waals surface area contributed by atoms with E-state index in [2.05, 4.69) is 43.0 Å². The van der Waals surface area contributed by atoms with Crippen LogP contribution in [0.1, 0.15) is 33.5 Å². The van der Waals surface area contributed by atoms with Crippen LogP contribution in [0.3, 0.4) is 0 Å². The first kappa shape index (κ1) is 14.7. The summed E-state index contributed by atoms with van der Waals surface area (Å²) in [6.07, 6.45) is 0. The Morgan fingerprint density at radius 2 is 1.78 bits per heavy atom. The van der Waals surface area contributed by atoms with Gasteiger partial charge in [0.05, 0.1) is 7.11 Å². The van der Waals surface area contributed by atoms with Gasteiger partial charge in [0.1, 0.15) is 11.6 Å². The van der Waals surface area contributed by atoms with Gasteiger partial charge in [0.25, 0.3) is 0 Å². The zero-order chi connectivity index (χ0) is 13.7. The Kier molecular flexibility index (Phi) is 5.38. The molecule has 18 heavy (non-hydrogen) atoms. The zero-order valence-corrected chi connectivity index (χ0v) is 12.3. The lowest BCUT2D eigenvalue weighted by Gasteiger charge is -2.25. The van der Waals surface area contributed by atoms with Crippen LogP contribution in [-0.2, 0) is 0 Å². The summed E-state index contributed by atoms with van der Waals surface area (Å²) in [4.78, 5) is 8.55. The third-order valence-corrected chi connectivity index (χ3v) is 3.26. The lowest BCUT2D eigenvalue weighted by molar-refractivity contribution is 0.304. The van der Waals surface area contributed by atoms with Crippen molar-refractivity contribution in [2.45, 2.75) is 34.6 Å². The zero-order valence-electron chi connectivity index (χ0n) is 12.3. The highest BCUT2D eigenvalue weighted by molar-refractivity contribution is 5.38. The smallest absolute Gasteiger partial charge is 0.218 e.